The zero-order valence-electron chi connectivity index (χ0n) is 11.1. The van der Waals surface area contributed by atoms with Gasteiger partial charge in [0, 0.05) is 6.42 Å². The van der Waals surface area contributed by atoms with Crippen LogP contribution in [0.1, 0.15) is 19.3 Å². The van der Waals surface area contributed by atoms with Gasteiger partial charge in [-0.25, -0.2) is 9.59 Å². The summed E-state index contributed by atoms with van der Waals surface area (Å²) in [5.74, 6) is -5.84. The Morgan fingerprint density at radius 3 is 2.10 bits per heavy atom. The predicted octanol–water partition coefficient (Wildman–Crippen LogP) is -0.584. The van der Waals surface area contributed by atoms with Crippen LogP contribution in [-0.2, 0) is 23.9 Å². The zero-order chi connectivity index (χ0) is 16.6. The molecule has 9 nitrogen and oxygen atoms in total. The molecule has 21 heavy (non-hydrogen) atoms. The Kier molecular flexibility index (Phi) is 7.74. The second-order valence-corrected chi connectivity index (χ2v) is 5.17. The molecule has 0 heterocycles. The highest BCUT2D eigenvalue weighted by Crippen LogP contribution is 2.18. The van der Waals surface area contributed by atoms with Gasteiger partial charge in [0.25, 0.3) is 0 Å². The first-order valence-corrected chi connectivity index (χ1v) is 7.10. The number of aliphatic hydroxyl groups is 1. The summed E-state index contributed by atoms with van der Waals surface area (Å²) in [5, 5.41) is 35.8. The monoisotopic (exact) mass is 324 g/mol. The van der Waals surface area contributed by atoms with E-state index >= 15 is 0 Å². The first kappa shape index (κ1) is 19.2. The normalized spacial score (nSPS) is 14.8. The fourth-order valence-corrected chi connectivity index (χ4v) is 1.81. The fraction of sp³-hybridized carbons (Fsp3) is 0.636. The van der Waals surface area contributed by atoms with Gasteiger partial charge in [-0.15, -0.1) is 0 Å². The smallest absolute Gasteiger partial charge is 0.345 e. The molecule has 10 heteroatoms. The molecule has 0 amide bonds. The minimum absolute atomic E-state index is 0.00662. The van der Waals surface area contributed by atoms with E-state index in [-0.39, 0.29) is 6.42 Å². The number of hydrogen-bond acceptors (Lipinski definition) is 7. The Bertz CT molecular complexity index is 422. The number of carboxylic acid groups (broad SMARTS) is 3. The first-order chi connectivity index (χ1) is 9.62. The van der Waals surface area contributed by atoms with Gasteiger partial charge in [-0.05, 0) is 12.0 Å². The van der Waals surface area contributed by atoms with E-state index < -0.39 is 48.4 Å². The van der Waals surface area contributed by atoms with Gasteiger partial charge in [0.1, 0.15) is 0 Å². The highest BCUT2D eigenvalue weighted by molar-refractivity contribution is 7.98. The molecule has 0 rings (SSSR count). The lowest BCUT2D eigenvalue weighted by Crippen LogP contribution is -2.44. The highest BCUT2D eigenvalue weighted by Gasteiger charge is 2.42. The van der Waals surface area contributed by atoms with Crippen LogP contribution in [0, 0.1) is 0 Å². The maximum Gasteiger partial charge on any atom is 0.345 e. The van der Waals surface area contributed by atoms with Crippen molar-refractivity contribution in [2.45, 2.75) is 31.0 Å². The third-order valence-corrected chi connectivity index (χ3v) is 3.06. The molecule has 0 aliphatic rings. The zero-order valence-corrected chi connectivity index (χ0v) is 12.0. The average Bonchev–Trinajstić information content (AvgIpc) is 2.32. The highest BCUT2D eigenvalue weighted by atomic mass is 32.2. The molecule has 0 aliphatic carbocycles. The number of carbonyl (C=O) groups excluding carboxylic acids is 1. The van der Waals surface area contributed by atoms with Crippen LogP contribution in [-0.4, -0.2) is 68.0 Å². The lowest BCUT2D eigenvalue weighted by molar-refractivity contribution is -0.176. The van der Waals surface area contributed by atoms with E-state index in [0.29, 0.717) is 5.75 Å². The number of esters is 1. The summed E-state index contributed by atoms with van der Waals surface area (Å²) >= 11 is 1.33. The third-order valence-electron chi connectivity index (χ3n) is 2.41. The van der Waals surface area contributed by atoms with Crippen LogP contribution < -0.4 is 0 Å². The van der Waals surface area contributed by atoms with Gasteiger partial charge in [-0.3, -0.25) is 9.59 Å². The topological polar surface area (TPSA) is 158 Å². The van der Waals surface area contributed by atoms with Crippen LogP contribution in [0.4, 0.5) is 0 Å². The molecule has 0 spiro atoms. The SMILES string of the molecule is CSCCC(OC(=O)CC(O)(CC(=O)O)C(=O)O)C(=O)O. The van der Waals surface area contributed by atoms with Gasteiger partial charge in [-0.2, -0.15) is 11.8 Å². The summed E-state index contributed by atoms with van der Waals surface area (Å²) < 4.78 is 4.57. The van der Waals surface area contributed by atoms with Crippen LogP contribution in [0.15, 0.2) is 0 Å². The lowest BCUT2D eigenvalue weighted by atomic mass is 9.96. The summed E-state index contributed by atoms with van der Waals surface area (Å²) in [7, 11) is 0. The summed E-state index contributed by atoms with van der Waals surface area (Å²) in [4.78, 5) is 43.7. The van der Waals surface area contributed by atoms with E-state index in [1.807, 2.05) is 0 Å². The summed E-state index contributed by atoms with van der Waals surface area (Å²) in [6.45, 7) is 0. The number of carbonyl (C=O) groups is 4. The standard InChI is InChI=1S/C11H16O9S/c1-21-3-2-6(9(15)16)20-8(14)5-11(19,10(17)18)4-7(12)13/h6,19H,2-5H2,1H3,(H,12,13)(H,15,16)(H,17,18). The molecule has 0 aliphatic heterocycles. The quantitative estimate of drug-likeness (QED) is 0.383. The van der Waals surface area contributed by atoms with Gasteiger partial charge in [0.15, 0.2) is 11.7 Å². The Balaban J connectivity index is 4.79. The Labute approximate surface area is 123 Å². The van der Waals surface area contributed by atoms with E-state index in [4.69, 9.17) is 15.3 Å². The van der Waals surface area contributed by atoms with Gasteiger partial charge < -0.3 is 25.2 Å². The Morgan fingerprint density at radius 1 is 1.14 bits per heavy atom. The molecular weight excluding hydrogens is 308 g/mol. The third kappa shape index (κ3) is 6.95. The van der Waals surface area contributed by atoms with Gasteiger partial charge in [0.05, 0.1) is 12.8 Å². The van der Waals surface area contributed by atoms with Gasteiger partial charge in [-0.1, -0.05) is 0 Å². The molecule has 2 atom stereocenters. The molecule has 0 bridgehead atoms. The summed E-state index contributed by atoms with van der Waals surface area (Å²) in [6, 6.07) is 0. The Morgan fingerprint density at radius 2 is 1.71 bits per heavy atom. The molecular formula is C11H16O9S. The number of thioether (sulfide) groups is 1. The molecule has 0 aromatic carbocycles. The van der Waals surface area contributed by atoms with Crippen LogP contribution in [0.25, 0.3) is 0 Å². The Hall–Kier alpha value is -1.81. The van der Waals surface area contributed by atoms with E-state index in [1.54, 1.807) is 6.26 Å². The van der Waals surface area contributed by atoms with E-state index in [0.717, 1.165) is 0 Å². The van der Waals surface area contributed by atoms with Crippen molar-refractivity contribution in [2.75, 3.05) is 12.0 Å². The molecule has 0 aromatic heterocycles. The van der Waals surface area contributed by atoms with E-state index in [2.05, 4.69) is 4.74 Å². The fourth-order valence-electron chi connectivity index (χ4n) is 1.36. The second-order valence-electron chi connectivity index (χ2n) is 4.18. The molecule has 0 saturated heterocycles. The number of aliphatic carboxylic acids is 3. The molecule has 2 unspecified atom stereocenters. The maximum absolute atomic E-state index is 11.5. The van der Waals surface area contributed by atoms with E-state index in [9.17, 15) is 24.3 Å². The van der Waals surface area contributed by atoms with Crippen LogP contribution >= 0.6 is 11.8 Å². The van der Waals surface area contributed by atoms with Crippen LogP contribution in [0.5, 0.6) is 0 Å². The van der Waals surface area contributed by atoms with Crippen molar-refractivity contribution in [2.24, 2.45) is 0 Å². The van der Waals surface area contributed by atoms with Crippen molar-refractivity contribution >= 4 is 35.6 Å². The lowest BCUT2D eigenvalue weighted by Gasteiger charge is -2.21. The number of rotatable bonds is 10. The molecule has 0 fully saturated rings. The minimum atomic E-state index is -2.84. The van der Waals surface area contributed by atoms with Crippen molar-refractivity contribution in [1.29, 1.82) is 0 Å². The van der Waals surface area contributed by atoms with E-state index in [1.165, 1.54) is 11.8 Å². The van der Waals surface area contributed by atoms with Gasteiger partial charge in [0.2, 0.25) is 0 Å². The number of ether oxygens (including phenoxy) is 1. The number of hydrogen-bond donors (Lipinski definition) is 4. The van der Waals surface area contributed by atoms with Crippen LogP contribution in [0.2, 0.25) is 0 Å². The maximum atomic E-state index is 11.5. The van der Waals surface area contributed by atoms with Gasteiger partial charge >= 0.3 is 23.9 Å². The molecule has 0 aromatic rings. The largest absolute Gasteiger partial charge is 0.481 e. The summed E-state index contributed by atoms with van der Waals surface area (Å²) in [5.41, 5.74) is -2.84. The van der Waals surface area contributed by atoms with Crippen molar-refractivity contribution < 1.29 is 44.3 Å². The van der Waals surface area contributed by atoms with Crippen LogP contribution in [0.3, 0.4) is 0 Å². The molecule has 4 N–H and O–H groups in total. The molecule has 0 radical (unpaired) electrons. The van der Waals surface area contributed by atoms with Crippen molar-refractivity contribution in [1.82, 2.24) is 0 Å². The van der Waals surface area contributed by atoms with Crippen molar-refractivity contribution in [3.8, 4) is 0 Å². The van der Waals surface area contributed by atoms with Crippen molar-refractivity contribution in [3.63, 3.8) is 0 Å². The minimum Gasteiger partial charge on any atom is -0.481 e. The first-order valence-electron chi connectivity index (χ1n) is 5.71. The predicted molar refractivity (Wildman–Crippen MR) is 70.0 cm³/mol. The molecule has 0 saturated carbocycles. The second kappa shape index (κ2) is 8.47. The average molecular weight is 324 g/mol. The number of carboxylic acids is 3. The summed E-state index contributed by atoms with van der Waals surface area (Å²) in [6.07, 6.45) is -2.12. The molecule has 120 valence electrons. The van der Waals surface area contributed by atoms with Crippen molar-refractivity contribution in [3.05, 3.63) is 0 Å².